The third-order valence-electron chi connectivity index (χ3n) is 3.55. The molecule has 3 nitrogen and oxygen atoms in total. The molecule has 0 bridgehead atoms. The monoisotopic (exact) mass is 270 g/mol. The molecule has 2 aromatic rings. The lowest BCUT2D eigenvalue weighted by Gasteiger charge is -2.37. The maximum Gasteiger partial charge on any atom is 0.257 e. The number of benzene rings is 2. The van der Waals surface area contributed by atoms with Crippen LogP contribution in [-0.2, 0) is 0 Å². The van der Waals surface area contributed by atoms with Gasteiger partial charge >= 0.3 is 0 Å². The Hall–Kier alpha value is -2.36. The van der Waals surface area contributed by atoms with Gasteiger partial charge in [0.15, 0.2) is 0 Å². The van der Waals surface area contributed by atoms with Crippen LogP contribution in [0.15, 0.2) is 48.5 Å². The first-order valence-electron chi connectivity index (χ1n) is 6.62. The van der Waals surface area contributed by atoms with Crippen LogP contribution >= 0.6 is 0 Å². The highest BCUT2D eigenvalue weighted by molar-refractivity contribution is 6.01. The van der Waals surface area contributed by atoms with Gasteiger partial charge in [-0.05, 0) is 36.8 Å². The minimum Gasteiger partial charge on any atom is -0.361 e. The number of nitrogens with one attached hydrogen (secondary N) is 1. The molecule has 1 amide bonds. The van der Waals surface area contributed by atoms with Gasteiger partial charge in [-0.3, -0.25) is 4.79 Å². The maximum absolute atomic E-state index is 13.0. The van der Waals surface area contributed by atoms with Crippen molar-refractivity contribution in [3.05, 3.63) is 65.5 Å². The van der Waals surface area contributed by atoms with Crippen LogP contribution in [0.2, 0.25) is 0 Å². The molecule has 0 saturated carbocycles. The van der Waals surface area contributed by atoms with E-state index < -0.39 is 0 Å². The van der Waals surface area contributed by atoms with E-state index in [-0.39, 0.29) is 17.9 Å². The normalized spacial score (nSPS) is 17.6. The van der Waals surface area contributed by atoms with Crippen molar-refractivity contribution < 1.29 is 9.18 Å². The number of anilines is 1. The standard InChI is InChI=1S/C16H15FN2O/c1-2-19-15(11-7-9-12(17)10-8-11)18-14-6-4-3-5-13(14)16(19)20/h3-10,15,18H,2H2,1H3. The first-order valence-corrected chi connectivity index (χ1v) is 6.62. The molecule has 1 atom stereocenters. The molecule has 1 N–H and O–H groups in total. The summed E-state index contributed by atoms with van der Waals surface area (Å²) in [6.45, 7) is 2.52. The molecule has 0 saturated heterocycles. The first kappa shape index (κ1) is 12.7. The number of amides is 1. The Morgan fingerprint density at radius 2 is 1.85 bits per heavy atom. The Labute approximate surface area is 117 Å². The van der Waals surface area contributed by atoms with Crippen molar-refractivity contribution in [2.24, 2.45) is 0 Å². The zero-order chi connectivity index (χ0) is 14.1. The summed E-state index contributed by atoms with van der Waals surface area (Å²) in [6.07, 6.45) is -0.261. The summed E-state index contributed by atoms with van der Waals surface area (Å²) in [7, 11) is 0. The summed E-state index contributed by atoms with van der Waals surface area (Å²) in [4.78, 5) is 14.3. The van der Waals surface area contributed by atoms with E-state index in [4.69, 9.17) is 0 Å². The Morgan fingerprint density at radius 3 is 2.55 bits per heavy atom. The van der Waals surface area contributed by atoms with Crippen molar-refractivity contribution in [2.75, 3.05) is 11.9 Å². The van der Waals surface area contributed by atoms with Gasteiger partial charge in [-0.2, -0.15) is 0 Å². The predicted octanol–water partition coefficient (Wildman–Crippen LogP) is 3.41. The van der Waals surface area contributed by atoms with E-state index in [1.54, 1.807) is 17.0 Å². The van der Waals surface area contributed by atoms with E-state index in [1.165, 1.54) is 12.1 Å². The van der Waals surface area contributed by atoms with Crippen LogP contribution in [0.1, 0.15) is 29.0 Å². The second-order valence-corrected chi connectivity index (χ2v) is 4.74. The number of fused-ring (bicyclic) bond motifs is 1. The number of nitrogens with zero attached hydrogens (tertiary/aromatic N) is 1. The van der Waals surface area contributed by atoms with Crippen LogP contribution in [-0.4, -0.2) is 17.4 Å². The largest absolute Gasteiger partial charge is 0.361 e. The molecule has 20 heavy (non-hydrogen) atoms. The van der Waals surface area contributed by atoms with Crippen molar-refractivity contribution in [1.82, 2.24) is 4.90 Å². The van der Waals surface area contributed by atoms with Crippen LogP contribution < -0.4 is 5.32 Å². The highest BCUT2D eigenvalue weighted by Crippen LogP contribution is 2.32. The molecule has 0 aromatic heterocycles. The van der Waals surface area contributed by atoms with E-state index in [1.807, 2.05) is 31.2 Å². The van der Waals surface area contributed by atoms with Crippen LogP contribution in [0.25, 0.3) is 0 Å². The Kier molecular flexibility index (Phi) is 3.14. The van der Waals surface area contributed by atoms with E-state index in [2.05, 4.69) is 5.32 Å². The third kappa shape index (κ3) is 2.03. The summed E-state index contributed by atoms with van der Waals surface area (Å²) in [5, 5.41) is 3.35. The molecule has 4 heteroatoms. The van der Waals surface area contributed by atoms with Crippen LogP contribution in [0.4, 0.5) is 10.1 Å². The molecule has 102 valence electrons. The van der Waals surface area contributed by atoms with Gasteiger partial charge in [0.25, 0.3) is 5.91 Å². The molecule has 2 aromatic carbocycles. The Morgan fingerprint density at radius 1 is 1.15 bits per heavy atom. The molecule has 0 fully saturated rings. The van der Waals surface area contributed by atoms with Gasteiger partial charge in [0.1, 0.15) is 12.0 Å². The average molecular weight is 270 g/mol. The zero-order valence-corrected chi connectivity index (χ0v) is 11.1. The molecule has 1 aliphatic heterocycles. The van der Waals surface area contributed by atoms with Crippen molar-refractivity contribution in [3.8, 4) is 0 Å². The summed E-state index contributed by atoms with van der Waals surface area (Å²) < 4.78 is 13.0. The summed E-state index contributed by atoms with van der Waals surface area (Å²) >= 11 is 0. The Balaban J connectivity index is 2.03. The van der Waals surface area contributed by atoms with E-state index in [0.717, 1.165) is 11.3 Å². The number of halogens is 1. The number of hydrogen-bond donors (Lipinski definition) is 1. The molecule has 3 rings (SSSR count). The van der Waals surface area contributed by atoms with Crippen LogP contribution in [0, 0.1) is 5.82 Å². The van der Waals surface area contributed by atoms with Gasteiger partial charge in [0.05, 0.1) is 5.56 Å². The second-order valence-electron chi connectivity index (χ2n) is 4.74. The molecule has 1 aliphatic rings. The van der Waals surface area contributed by atoms with Gasteiger partial charge in [0.2, 0.25) is 0 Å². The fourth-order valence-corrected chi connectivity index (χ4v) is 2.53. The lowest BCUT2D eigenvalue weighted by atomic mass is 10.0. The van der Waals surface area contributed by atoms with Crippen molar-refractivity contribution >= 4 is 11.6 Å². The van der Waals surface area contributed by atoms with E-state index in [0.29, 0.717) is 12.1 Å². The predicted molar refractivity (Wildman–Crippen MR) is 75.9 cm³/mol. The lowest BCUT2D eigenvalue weighted by molar-refractivity contribution is 0.0695. The SMILES string of the molecule is CCN1C(=O)c2ccccc2NC1c1ccc(F)cc1. The van der Waals surface area contributed by atoms with Gasteiger partial charge in [-0.1, -0.05) is 24.3 Å². The molecule has 0 aliphatic carbocycles. The molecule has 1 heterocycles. The number of carbonyl (C=O) groups is 1. The van der Waals surface area contributed by atoms with Gasteiger partial charge in [0, 0.05) is 12.2 Å². The number of carbonyl (C=O) groups excluding carboxylic acids is 1. The number of para-hydroxylation sites is 1. The first-order chi connectivity index (χ1) is 9.70. The molecule has 0 spiro atoms. The molecular formula is C16H15FN2O. The Bertz CT molecular complexity index is 639. The molecule has 1 unspecified atom stereocenters. The molecular weight excluding hydrogens is 255 g/mol. The zero-order valence-electron chi connectivity index (χ0n) is 11.1. The number of hydrogen-bond acceptors (Lipinski definition) is 2. The smallest absolute Gasteiger partial charge is 0.257 e. The van der Waals surface area contributed by atoms with E-state index >= 15 is 0 Å². The van der Waals surface area contributed by atoms with Crippen molar-refractivity contribution in [2.45, 2.75) is 13.1 Å². The van der Waals surface area contributed by atoms with Crippen molar-refractivity contribution in [1.29, 1.82) is 0 Å². The van der Waals surface area contributed by atoms with Gasteiger partial charge in [-0.15, -0.1) is 0 Å². The fourth-order valence-electron chi connectivity index (χ4n) is 2.53. The van der Waals surface area contributed by atoms with Gasteiger partial charge < -0.3 is 10.2 Å². The minimum atomic E-state index is -0.278. The summed E-state index contributed by atoms with van der Waals surface area (Å²) in [6, 6.07) is 13.7. The highest BCUT2D eigenvalue weighted by Gasteiger charge is 2.31. The summed E-state index contributed by atoms with van der Waals surface area (Å²) in [5.74, 6) is -0.282. The maximum atomic E-state index is 13.0. The van der Waals surface area contributed by atoms with Gasteiger partial charge in [-0.25, -0.2) is 4.39 Å². The van der Waals surface area contributed by atoms with E-state index in [9.17, 15) is 9.18 Å². The quantitative estimate of drug-likeness (QED) is 0.907. The van der Waals surface area contributed by atoms with Crippen LogP contribution in [0.5, 0.6) is 0 Å². The topological polar surface area (TPSA) is 32.3 Å². The average Bonchev–Trinajstić information content (AvgIpc) is 2.48. The number of rotatable bonds is 2. The fraction of sp³-hybridized carbons (Fsp3) is 0.188. The van der Waals surface area contributed by atoms with Crippen molar-refractivity contribution in [3.63, 3.8) is 0 Å². The van der Waals surface area contributed by atoms with Crippen LogP contribution in [0.3, 0.4) is 0 Å². The highest BCUT2D eigenvalue weighted by atomic mass is 19.1. The minimum absolute atomic E-state index is 0.00354. The second kappa shape index (κ2) is 4.96. The summed E-state index contributed by atoms with van der Waals surface area (Å²) in [5.41, 5.74) is 2.36. The lowest BCUT2D eigenvalue weighted by Crippen LogP contribution is -2.42. The third-order valence-corrected chi connectivity index (χ3v) is 3.55. The molecule has 0 radical (unpaired) electrons.